The van der Waals surface area contributed by atoms with Gasteiger partial charge in [0.25, 0.3) is 6.01 Å². The summed E-state index contributed by atoms with van der Waals surface area (Å²) in [5.41, 5.74) is 3.29. The van der Waals surface area contributed by atoms with Gasteiger partial charge >= 0.3 is 0 Å². The van der Waals surface area contributed by atoms with Gasteiger partial charge in [-0.05, 0) is 26.0 Å². The summed E-state index contributed by atoms with van der Waals surface area (Å²) in [4.78, 5) is 11.1. The van der Waals surface area contributed by atoms with Crippen LogP contribution >= 0.6 is 11.6 Å². The Morgan fingerprint density at radius 3 is 3.00 bits per heavy atom. The van der Waals surface area contributed by atoms with Crippen LogP contribution in [0.15, 0.2) is 29.1 Å². The van der Waals surface area contributed by atoms with Gasteiger partial charge in [0.2, 0.25) is 0 Å². The normalized spacial score (nSPS) is 18.7. The number of fused-ring (bicyclic) bond motifs is 1. The number of nitrogens with zero attached hydrogens (tertiary/aromatic N) is 4. The molecule has 3 aromatic rings. The molecule has 1 atom stereocenters. The van der Waals surface area contributed by atoms with Gasteiger partial charge in [-0.15, -0.1) is 0 Å². The lowest BCUT2D eigenvalue weighted by Crippen LogP contribution is -2.50. The van der Waals surface area contributed by atoms with Crippen LogP contribution in [-0.2, 0) is 0 Å². The predicted octanol–water partition coefficient (Wildman–Crippen LogP) is 2.77. The summed E-state index contributed by atoms with van der Waals surface area (Å²) in [5.74, 6) is 0. The van der Waals surface area contributed by atoms with Crippen LogP contribution in [0.2, 0.25) is 5.02 Å². The van der Waals surface area contributed by atoms with Crippen molar-refractivity contribution < 1.29 is 4.42 Å². The van der Waals surface area contributed by atoms with Gasteiger partial charge in [0.1, 0.15) is 5.52 Å². The highest BCUT2D eigenvalue weighted by atomic mass is 35.5. The molecule has 1 aromatic carbocycles. The number of oxazole rings is 1. The fourth-order valence-electron chi connectivity index (χ4n) is 2.96. The average molecular weight is 332 g/mol. The zero-order valence-corrected chi connectivity index (χ0v) is 13.8. The number of hydrogen-bond donors (Lipinski definition) is 1. The lowest BCUT2D eigenvalue weighted by atomic mass is 10.2. The second-order valence-corrected chi connectivity index (χ2v) is 6.37. The summed E-state index contributed by atoms with van der Waals surface area (Å²) in [6.07, 6.45) is 3.71. The third kappa shape index (κ3) is 2.58. The van der Waals surface area contributed by atoms with Gasteiger partial charge in [-0.3, -0.25) is 0 Å². The second-order valence-electron chi connectivity index (χ2n) is 5.94. The zero-order chi connectivity index (χ0) is 16.0. The maximum Gasteiger partial charge on any atom is 0.298 e. The average Bonchev–Trinajstić information content (AvgIpc) is 3.13. The highest BCUT2D eigenvalue weighted by Gasteiger charge is 2.24. The van der Waals surface area contributed by atoms with Crippen molar-refractivity contribution in [2.24, 2.45) is 0 Å². The molecule has 4 rings (SSSR count). The summed E-state index contributed by atoms with van der Waals surface area (Å²) >= 11 is 6.27. The number of aromatic nitrogens is 3. The third-order valence-corrected chi connectivity index (χ3v) is 4.38. The first kappa shape index (κ1) is 14.5. The van der Waals surface area contributed by atoms with Crippen LogP contribution in [0.4, 0.5) is 6.01 Å². The monoisotopic (exact) mass is 331 g/mol. The molecule has 0 spiro atoms. The van der Waals surface area contributed by atoms with Gasteiger partial charge in [0, 0.05) is 36.9 Å². The molecule has 0 amide bonds. The molecule has 1 fully saturated rings. The number of anilines is 1. The van der Waals surface area contributed by atoms with E-state index in [4.69, 9.17) is 16.0 Å². The van der Waals surface area contributed by atoms with Gasteiger partial charge in [0.05, 0.1) is 17.7 Å². The Morgan fingerprint density at radius 2 is 2.26 bits per heavy atom. The van der Waals surface area contributed by atoms with Crippen LogP contribution in [-0.4, -0.2) is 40.2 Å². The molecule has 23 heavy (non-hydrogen) atoms. The lowest BCUT2D eigenvalue weighted by molar-refractivity contribution is 0.456. The van der Waals surface area contributed by atoms with Crippen LogP contribution in [0.3, 0.4) is 0 Å². The van der Waals surface area contributed by atoms with Gasteiger partial charge < -0.3 is 19.2 Å². The van der Waals surface area contributed by atoms with Crippen LogP contribution in [0.5, 0.6) is 0 Å². The Kier molecular flexibility index (Phi) is 3.50. The van der Waals surface area contributed by atoms with E-state index in [0.717, 1.165) is 42.1 Å². The molecule has 7 heteroatoms. The minimum atomic E-state index is 0.339. The fourth-order valence-corrected chi connectivity index (χ4v) is 3.17. The number of halogens is 1. The summed E-state index contributed by atoms with van der Waals surface area (Å²) in [6.45, 7) is 6.84. The van der Waals surface area contributed by atoms with Crippen LogP contribution in [0.1, 0.15) is 12.6 Å². The number of imidazole rings is 1. The number of piperazine rings is 1. The number of hydrogen-bond acceptors (Lipinski definition) is 5. The minimum Gasteiger partial charge on any atom is -0.421 e. The first-order valence-electron chi connectivity index (χ1n) is 7.70. The number of benzene rings is 1. The summed E-state index contributed by atoms with van der Waals surface area (Å²) in [6, 6.07) is 4.70. The molecule has 1 unspecified atom stereocenters. The molecule has 0 saturated carbocycles. The number of nitrogens with one attached hydrogen (secondary N) is 1. The Bertz CT molecular complexity index is 855. The van der Waals surface area contributed by atoms with Crippen molar-refractivity contribution in [2.45, 2.75) is 19.9 Å². The molecule has 120 valence electrons. The highest BCUT2D eigenvalue weighted by Crippen LogP contribution is 2.31. The van der Waals surface area contributed by atoms with Crippen molar-refractivity contribution in [3.63, 3.8) is 0 Å². The van der Waals surface area contributed by atoms with Gasteiger partial charge in [-0.2, -0.15) is 4.98 Å². The maximum absolute atomic E-state index is 6.27. The number of rotatable bonds is 2. The molecule has 2 aromatic heterocycles. The van der Waals surface area contributed by atoms with Crippen molar-refractivity contribution in [1.82, 2.24) is 19.9 Å². The molecular formula is C16H18ClN5O. The van der Waals surface area contributed by atoms with Crippen molar-refractivity contribution in [3.8, 4) is 5.69 Å². The van der Waals surface area contributed by atoms with Gasteiger partial charge in [-0.25, -0.2) is 4.98 Å². The molecule has 1 N–H and O–H groups in total. The predicted molar refractivity (Wildman–Crippen MR) is 90.6 cm³/mol. The molecule has 3 heterocycles. The molecule has 0 aliphatic carbocycles. The molecular weight excluding hydrogens is 314 g/mol. The van der Waals surface area contributed by atoms with E-state index in [0.29, 0.717) is 17.1 Å². The van der Waals surface area contributed by atoms with E-state index < -0.39 is 0 Å². The van der Waals surface area contributed by atoms with E-state index in [9.17, 15) is 0 Å². The molecule has 1 saturated heterocycles. The lowest BCUT2D eigenvalue weighted by Gasteiger charge is -2.32. The first-order chi connectivity index (χ1) is 11.1. The number of aryl methyl sites for hydroxylation is 1. The second kappa shape index (κ2) is 5.54. The van der Waals surface area contributed by atoms with E-state index in [-0.39, 0.29) is 0 Å². The van der Waals surface area contributed by atoms with Crippen LogP contribution < -0.4 is 10.2 Å². The molecule has 6 nitrogen and oxygen atoms in total. The maximum atomic E-state index is 6.27. The quantitative estimate of drug-likeness (QED) is 0.782. The Morgan fingerprint density at radius 1 is 1.39 bits per heavy atom. The van der Waals surface area contributed by atoms with E-state index >= 15 is 0 Å². The van der Waals surface area contributed by atoms with Gasteiger partial charge in [0.15, 0.2) is 5.58 Å². The Labute approximate surface area is 139 Å². The van der Waals surface area contributed by atoms with Crippen LogP contribution in [0, 0.1) is 6.92 Å². The minimum absolute atomic E-state index is 0.339. The highest BCUT2D eigenvalue weighted by molar-refractivity contribution is 6.31. The SMILES string of the molecule is Cc1cn(-c2cc(Cl)cc3nc(N4CCNCC4C)oc23)cn1. The van der Waals surface area contributed by atoms with Gasteiger partial charge in [-0.1, -0.05) is 11.6 Å². The zero-order valence-electron chi connectivity index (χ0n) is 13.1. The summed E-state index contributed by atoms with van der Waals surface area (Å²) < 4.78 is 8.02. The van der Waals surface area contributed by atoms with E-state index in [2.05, 4.69) is 27.1 Å². The first-order valence-corrected chi connectivity index (χ1v) is 8.08. The summed E-state index contributed by atoms with van der Waals surface area (Å²) in [7, 11) is 0. The van der Waals surface area contributed by atoms with E-state index in [1.54, 1.807) is 6.33 Å². The van der Waals surface area contributed by atoms with E-state index in [1.165, 1.54) is 0 Å². The molecule has 1 aliphatic rings. The van der Waals surface area contributed by atoms with Crippen LogP contribution in [0.25, 0.3) is 16.8 Å². The standard InChI is InChI=1S/C16H18ClN5O/c1-10-8-21(9-19-10)14-6-12(17)5-13-15(14)23-16(20-13)22-4-3-18-7-11(22)2/h5-6,8-9,11,18H,3-4,7H2,1-2H3. The topological polar surface area (TPSA) is 59.1 Å². The van der Waals surface area contributed by atoms with Crippen molar-refractivity contribution in [3.05, 3.63) is 35.4 Å². The van der Waals surface area contributed by atoms with Crippen molar-refractivity contribution >= 4 is 28.7 Å². The van der Waals surface area contributed by atoms with Crippen molar-refractivity contribution in [1.29, 1.82) is 0 Å². The largest absolute Gasteiger partial charge is 0.421 e. The molecule has 0 bridgehead atoms. The molecule has 0 radical (unpaired) electrons. The summed E-state index contributed by atoms with van der Waals surface area (Å²) in [5, 5.41) is 4.00. The molecule has 1 aliphatic heterocycles. The fraction of sp³-hybridized carbons (Fsp3) is 0.375. The third-order valence-electron chi connectivity index (χ3n) is 4.16. The van der Waals surface area contributed by atoms with E-state index in [1.807, 2.05) is 29.8 Å². The smallest absolute Gasteiger partial charge is 0.298 e. The Balaban J connectivity index is 1.84. The Hall–Kier alpha value is -2.05. The van der Waals surface area contributed by atoms with Crippen molar-refractivity contribution in [2.75, 3.05) is 24.5 Å².